The Kier molecular flexibility index (Phi) is 7.61. The Morgan fingerprint density at radius 2 is 1.87 bits per heavy atom. The van der Waals surface area contributed by atoms with Crippen LogP contribution in [0.1, 0.15) is 81.9 Å². The fraction of sp³-hybridized carbons (Fsp3) is 0.750. The number of hydrogen-bond acceptors (Lipinski definition) is 5. The predicted molar refractivity (Wildman–Crippen MR) is 145 cm³/mol. The van der Waals surface area contributed by atoms with Crippen LogP contribution in [0.4, 0.5) is 13.2 Å². The Labute approximate surface area is 226 Å². The molecule has 0 aromatic carbocycles. The summed E-state index contributed by atoms with van der Waals surface area (Å²) in [6.45, 7) is 4.39. The van der Waals surface area contributed by atoms with Crippen LogP contribution >= 0.6 is 11.8 Å². The number of alkyl halides is 3. The van der Waals surface area contributed by atoms with Gasteiger partial charge < -0.3 is 0 Å². The molecular weight excluding hydrogens is 511 g/mol. The van der Waals surface area contributed by atoms with Gasteiger partial charge in [0.2, 0.25) is 0 Å². The van der Waals surface area contributed by atoms with E-state index in [9.17, 15) is 18.0 Å². The van der Waals surface area contributed by atoms with Crippen LogP contribution in [-0.4, -0.2) is 38.2 Å². The van der Waals surface area contributed by atoms with Crippen LogP contribution < -0.4 is 16.5 Å². The number of aromatic nitrogens is 2. The highest BCUT2D eigenvalue weighted by molar-refractivity contribution is 8.00. The molecule has 2 aliphatic carbocycles. The van der Waals surface area contributed by atoms with Gasteiger partial charge in [-0.1, -0.05) is 32.6 Å². The van der Waals surface area contributed by atoms with E-state index in [1.54, 1.807) is 10.8 Å². The lowest BCUT2D eigenvalue weighted by Crippen LogP contribution is -2.45. The number of nitrogens with zero attached hydrogens (tertiary/aromatic N) is 3. The highest BCUT2D eigenvalue weighted by Gasteiger charge is 2.42. The molecule has 0 bridgehead atoms. The molecule has 0 amide bonds. The number of pyridine rings is 1. The average molecular weight is 552 g/mol. The molecule has 4 aliphatic rings. The summed E-state index contributed by atoms with van der Waals surface area (Å²) in [5, 5.41) is 0.366. The summed E-state index contributed by atoms with van der Waals surface area (Å²) in [5.41, 5.74) is 6.24. The Balaban J connectivity index is 1.30. The molecule has 2 saturated carbocycles. The molecule has 2 aromatic rings. The number of thioether (sulfide) groups is 1. The van der Waals surface area contributed by atoms with Crippen LogP contribution in [0.15, 0.2) is 23.3 Å². The lowest BCUT2D eigenvalue weighted by Gasteiger charge is -2.44. The van der Waals surface area contributed by atoms with E-state index >= 15 is 0 Å². The largest absolute Gasteiger partial charge is 0.418 e. The molecule has 4 fully saturated rings. The van der Waals surface area contributed by atoms with Crippen LogP contribution in [0.25, 0.3) is 5.52 Å². The van der Waals surface area contributed by atoms with Crippen molar-refractivity contribution >= 4 is 17.3 Å². The molecule has 0 radical (unpaired) electrons. The zero-order valence-electron chi connectivity index (χ0n) is 22.2. The summed E-state index contributed by atoms with van der Waals surface area (Å²) in [7, 11) is 0. The first-order valence-corrected chi connectivity index (χ1v) is 15.5. The first-order valence-electron chi connectivity index (χ1n) is 14.4. The number of nitrogens with one attached hydrogen (secondary N) is 2. The molecule has 0 spiro atoms. The molecular formula is C28H40F3N5OS. The third-order valence-corrected chi connectivity index (χ3v) is 10.7. The maximum atomic E-state index is 14.2. The summed E-state index contributed by atoms with van der Waals surface area (Å²) in [6, 6.07) is 1.21. The van der Waals surface area contributed by atoms with Crippen molar-refractivity contribution in [3.63, 3.8) is 0 Å². The molecule has 38 heavy (non-hydrogen) atoms. The van der Waals surface area contributed by atoms with E-state index in [2.05, 4.69) is 22.7 Å². The summed E-state index contributed by atoms with van der Waals surface area (Å²) < 4.78 is 45.6. The van der Waals surface area contributed by atoms with Crippen molar-refractivity contribution in [1.29, 1.82) is 0 Å². The highest BCUT2D eigenvalue weighted by atomic mass is 32.2. The minimum Gasteiger partial charge on any atom is -0.299 e. The Morgan fingerprint density at radius 3 is 2.55 bits per heavy atom. The number of hydrazine groups is 1. The maximum Gasteiger partial charge on any atom is 0.418 e. The number of rotatable bonds is 6. The van der Waals surface area contributed by atoms with E-state index < -0.39 is 11.7 Å². The second-order valence-electron chi connectivity index (χ2n) is 12.2. The predicted octanol–water partition coefficient (Wildman–Crippen LogP) is 5.62. The van der Waals surface area contributed by atoms with Crippen LogP contribution in [-0.2, 0) is 12.7 Å². The second kappa shape index (κ2) is 10.8. The van der Waals surface area contributed by atoms with Gasteiger partial charge in [0, 0.05) is 31.5 Å². The van der Waals surface area contributed by atoms with Crippen molar-refractivity contribution in [3.8, 4) is 0 Å². The Bertz CT molecular complexity index is 1190. The molecule has 2 saturated heterocycles. The fourth-order valence-electron chi connectivity index (χ4n) is 7.56. The van der Waals surface area contributed by atoms with Gasteiger partial charge in [-0.15, -0.1) is 11.8 Å². The SMILES string of the molecule is C[C@H]1CCCN(Cc2cc(C(F)(F)F)c3cn(C4CCCC([C@H](C5CCC5)C5NNCS5)C4)c(=O)n3c2)C1. The summed E-state index contributed by atoms with van der Waals surface area (Å²) >= 11 is 1.92. The summed E-state index contributed by atoms with van der Waals surface area (Å²) in [5.74, 6) is 3.13. The van der Waals surface area contributed by atoms with E-state index in [0.29, 0.717) is 41.2 Å². The zero-order valence-corrected chi connectivity index (χ0v) is 23.0. The number of hydrogen-bond donors (Lipinski definition) is 2. The monoisotopic (exact) mass is 551 g/mol. The van der Waals surface area contributed by atoms with E-state index in [1.807, 2.05) is 11.8 Å². The molecule has 3 unspecified atom stereocenters. The molecule has 2 aromatic heterocycles. The van der Waals surface area contributed by atoms with Crippen LogP contribution in [0, 0.1) is 23.7 Å². The molecule has 10 heteroatoms. The van der Waals surface area contributed by atoms with E-state index in [1.165, 1.54) is 35.9 Å². The van der Waals surface area contributed by atoms with Gasteiger partial charge in [0.05, 0.1) is 22.3 Å². The number of fused-ring (bicyclic) bond motifs is 1. The van der Waals surface area contributed by atoms with Crippen LogP contribution in [0.5, 0.6) is 0 Å². The van der Waals surface area contributed by atoms with E-state index in [4.69, 9.17) is 0 Å². The van der Waals surface area contributed by atoms with Crippen molar-refractivity contribution in [3.05, 3.63) is 40.1 Å². The molecule has 6 nitrogen and oxygen atoms in total. The molecule has 2 N–H and O–H groups in total. The standard InChI is InChI=1S/C28H40F3N5OS/c1-18-5-4-10-34(13-18)14-19-11-23(28(29,30)31)24-16-35(27(37)36(24)15-19)22-9-3-8-21(12-22)25(20-6-2-7-20)26-33-32-17-38-26/h11,15-16,18,20-22,25-26,32-33H,2-10,12-14,17H2,1H3/t18-,21?,22?,25-,26?/m0/s1. The van der Waals surface area contributed by atoms with E-state index in [-0.39, 0.29) is 17.2 Å². The quantitative estimate of drug-likeness (QED) is 0.488. The number of piperidine rings is 1. The lowest BCUT2D eigenvalue weighted by molar-refractivity contribution is -0.136. The molecule has 210 valence electrons. The Morgan fingerprint density at radius 1 is 1.08 bits per heavy atom. The lowest BCUT2D eigenvalue weighted by atomic mass is 9.66. The minimum absolute atomic E-state index is 0.0202. The highest BCUT2D eigenvalue weighted by Crippen LogP contribution is 2.48. The third-order valence-electron chi connectivity index (χ3n) is 9.55. The van der Waals surface area contributed by atoms with Gasteiger partial charge in [-0.25, -0.2) is 15.6 Å². The first-order chi connectivity index (χ1) is 18.3. The van der Waals surface area contributed by atoms with Crippen LogP contribution in [0.3, 0.4) is 0 Å². The Hall–Kier alpha value is -1.49. The number of likely N-dealkylation sites (tertiary alicyclic amines) is 1. The van der Waals surface area contributed by atoms with Gasteiger partial charge >= 0.3 is 11.9 Å². The topological polar surface area (TPSA) is 53.7 Å². The van der Waals surface area contributed by atoms with Gasteiger partial charge in [-0.2, -0.15) is 13.2 Å². The average Bonchev–Trinajstić information content (AvgIpc) is 3.49. The number of halogens is 3. The summed E-state index contributed by atoms with van der Waals surface area (Å²) in [6.07, 6.45) is 8.48. The van der Waals surface area contributed by atoms with Crippen molar-refractivity contribution in [2.24, 2.45) is 23.7 Å². The van der Waals surface area contributed by atoms with Crippen LogP contribution in [0.2, 0.25) is 0 Å². The second-order valence-corrected chi connectivity index (χ2v) is 13.3. The van der Waals surface area contributed by atoms with Gasteiger partial charge in [0.1, 0.15) is 0 Å². The summed E-state index contributed by atoms with van der Waals surface area (Å²) in [4.78, 5) is 15.9. The van der Waals surface area contributed by atoms with Gasteiger partial charge in [-0.3, -0.25) is 13.9 Å². The molecule has 4 heterocycles. The smallest absolute Gasteiger partial charge is 0.299 e. The molecule has 6 rings (SSSR count). The first kappa shape index (κ1) is 26.7. The van der Waals surface area contributed by atoms with Gasteiger partial charge in [0.15, 0.2) is 0 Å². The van der Waals surface area contributed by atoms with Crippen molar-refractivity contribution in [2.45, 2.75) is 88.8 Å². The molecule has 2 aliphatic heterocycles. The number of imidazole rings is 1. The maximum absolute atomic E-state index is 14.2. The minimum atomic E-state index is -4.52. The fourth-order valence-corrected chi connectivity index (χ4v) is 8.74. The van der Waals surface area contributed by atoms with Crippen molar-refractivity contribution in [1.82, 2.24) is 24.7 Å². The normalized spacial score (nSPS) is 30.5. The van der Waals surface area contributed by atoms with Gasteiger partial charge in [0.25, 0.3) is 0 Å². The van der Waals surface area contributed by atoms with Gasteiger partial charge in [-0.05, 0) is 74.0 Å². The van der Waals surface area contributed by atoms with Crippen molar-refractivity contribution in [2.75, 3.05) is 19.0 Å². The zero-order chi connectivity index (χ0) is 26.4. The van der Waals surface area contributed by atoms with E-state index in [0.717, 1.165) is 57.5 Å². The van der Waals surface area contributed by atoms with Crippen molar-refractivity contribution < 1.29 is 13.2 Å². The molecule has 5 atom stereocenters. The third kappa shape index (κ3) is 5.30.